The van der Waals surface area contributed by atoms with E-state index in [0.717, 1.165) is 11.4 Å². The Morgan fingerprint density at radius 1 is 0.409 bits per heavy atom. The zero-order chi connectivity index (χ0) is 30.4. The third kappa shape index (κ3) is 3.59. The predicted molar refractivity (Wildman–Crippen MR) is 188 cm³/mol. The van der Waals surface area contributed by atoms with Gasteiger partial charge in [0.2, 0.25) is 0 Å². The van der Waals surface area contributed by atoms with E-state index in [1.807, 2.05) is 0 Å². The number of hydrogen-bond donors (Lipinski definition) is 0. The van der Waals surface area contributed by atoms with E-state index in [0.29, 0.717) is 0 Å². The lowest BCUT2D eigenvalue weighted by Crippen LogP contribution is -2.43. The largest absolute Gasteiger partial charge is 0.310 e. The van der Waals surface area contributed by atoms with E-state index < -0.39 is 0 Å². The summed E-state index contributed by atoms with van der Waals surface area (Å²) in [5, 5.41) is 2.66. The summed E-state index contributed by atoms with van der Waals surface area (Å²) in [4.78, 5) is 2.37. The molecule has 2 aliphatic carbocycles. The van der Waals surface area contributed by atoms with E-state index in [-0.39, 0.29) is 16.2 Å². The minimum atomic E-state index is -0.142. The Balaban J connectivity index is 1.36. The lowest BCUT2D eigenvalue weighted by Gasteiger charge is -2.49. The molecule has 6 aromatic rings. The highest BCUT2D eigenvalue weighted by Gasteiger charge is 2.48. The van der Waals surface area contributed by atoms with Crippen molar-refractivity contribution in [2.45, 2.75) is 57.8 Å². The van der Waals surface area contributed by atoms with Crippen molar-refractivity contribution in [1.82, 2.24) is 0 Å². The molecule has 0 unspecified atom stereocenters. The minimum absolute atomic E-state index is 0.0275. The molecular formula is C43H39N. The van der Waals surface area contributed by atoms with Crippen LogP contribution in [0.1, 0.15) is 63.8 Å². The van der Waals surface area contributed by atoms with Crippen LogP contribution in [0, 0.1) is 0 Å². The third-order valence-electron chi connectivity index (χ3n) is 11.2. The smallest absolute Gasteiger partial charge is 0.0465 e. The summed E-state index contributed by atoms with van der Waals surface area (Å²) >= 11 is 0. The number of anilines is 3. The predicted octanol–water partition coefficient (Wildman–Crippen LogP) is 11.9. The van der Waals surface area contributed by atoms with Crippen LogP contribution in [0.3, 0.4) is 0 Å². The van der Waals surface area contributed by atoms with Gasteiger partial charge in [0, 0.05) is 22.5 Å². The number of nitrogens with zero attached hydrogens (tertiary/aromatic N) is 1. The number of fused-ring (bicyclic) bond motifs is 8. The van der Waals surface area contributed by atoms with Crippen LogP contribution in [0.25, 0.3) is 33.0 Å². The average molecular weight is 570 g/mol. The van der Waals surface area contributed by atoms with Crippen molar-refractivity contribution in [1.29, 1.82) is 0 Å². The molecule has 0 bridgehead atoms. The molecule has 0 amide bonds. The summed E-state index contributed by atoms with van der Waals surface area (Å²) in [6, 6.07) is 47.3. The lowest BCUT2D eigenvalue weighted by molar-refractivity contribution is 0.299. The number of benzene rings is 6. The first-order chi connectivity index (χ1) is 21.1. The normalized spacial score (nSPS) is 16.5. The maximum absolute atomic E-state index is 2.55. The molecule has 1 nitrogen and oxygen atoms in total. The molecule has 0 saturated carbocycles. The molecule has 216 valence electrons. The van der Waals surface area contributed by atoms with Gasteiger partial charge in [-0.15, -0.1) is 0 Å². The number of hydrogen-bond acceptors (Lipinski definition) is 1. The molecular weight excluding hydrogens is 530 g/mol. The molecule has 6 aromatic carbocycles. The van der Waals surface area contributed by atoms with E-state index in [1.165, 1.54) is 61.0 Å². The topological polar surface area (TPSA) is 3.24 Å². The molecule has 0 radical (unpaired) electrons. The monoisotopic (exact) mass is 569 g/mol. The summed E-state index contributed by atoms with van der Waals surface area (Å²) < 4.78 is 0. The summed E-state index contributed by atoms with van der Waals surface area (Å²) in [6.07, 6.45) is 0. The van der Waals surface area contributed by atoms with Crippen LogP contribution in [-0.2, 0) is 16.2 Å². The van der Waals surface area contributed by atoms with Crippen molar-refractivity contribution in [3.05, 3.63) is 150 Å². The van der Waals surface area contributed by atoms with E-state index >= 15 is 0 Å². The minimum Gasteiger partial charge on any atom is -0.310 e. The molecule has 0 fully saturated rings. The van der Waals surface area contributed by atoms with Crippen molar-refractivity contribution >= 4 is 27.8 Å². The Labute approximate surface area is 261 Å². The van der Waals surface area contributed by atoms with E-state index in [9.17, 15) is 0 Å². The van der Waals surface area contributed by atoms with Crippen LogP contribution in [0.2, 0.25) is 0 Å². The third-order valence-corrected chi connectivity index (χ3v) is 11.2. The second-order valence-corrected chi connectivity index (χ2v) is 14.3. The van der Waals surface area contributed by atoms with E-state index in [1.54, 1.807) is 0 Å². The van der Waals surface area contributed by atoms with Crippen molar-refractivity contribution in [3.8, 4) is 22.3 Å². The summed E-state index contributed by atoms with van der Waals surface area (Å²) in [5.74, 6) is 0. The molecule has 0 saturated heterocycles. The Kier molecular flexibility index (Phi) is 5.63. The molecule has 8 rings (SSSR count). The standard InChI is InChI=1S/C43H39N/c1-41(2)37-25-31(44(29-16-9-7-10-17-29)30-18-11-8-12-19-30)22-23-33(37)34-26-39-35(27-38(34)41)40-32-20-14-13-15-28(32)21-24-36(40)42(3,4)43(39,5)6/h7-27H,1-6H3. The fraction of sp³-hybridized carbons (Fsp3) is 0.209. The average Bonchev–Trinajstić information content (AvgIpc) is 3.25. The van der Waals surface area contributed by atoms with Gasteiger partial charge in [-0.1, -0.05) is 120 Å². The highest BCUT2D eigenvalue weighted by Crippen LogP contribution is 2.59. The molecule has 0 spiro atoms. The molecule has 0 atom stereocenters. The molecule has 2 aliphatic rings. The summed E-state index contributed by atoms with van der Waals surface area (Å²) in [5.41, 5.74) is 14.6. The van der Waals surface area contributed by atoms with Gasteiger partial charge in [0.15, 0.2) is 0 Å². The van der Waals surface area contributed by atoms with Gasteiger partial charge < -0.3 is 4.90 Å². The van der Waals surface area contributed by atoms with E-state index in [4.69, 9.17) is 0 Å². The Morgan fingerprint density at radius 2 is 0.977 bits per heavy atom. The van der Waals surface area contributed by atoms with Gasteiger partial charge >= 0.3 is 0 Å². The summed E-state index contributed by atoms with van der Waals surface area (Å²) in [7, 11) is 0. The van der Waals surface area contributed by atoms with Gasteiger partial charge in [-0.25, -0.2) is 0 Å². The molecule has 0 heterocycles. The summed E-state index contributed by atoms with van der Waals surface area (Å²) in [6.45, 7) is 14.6. The van der Waals surface area contributed by atoms with Crippen LogP contribution in [-0.4, -0.2) is 0 Å². The second-order valence-electron chi connectivity index (χ2n) is 14.3. The molecule has 0 aromatic heterocycles. The second kappa shape index (κ2) is 9.19. The first-order valence-corrected chi connectivity index (χ1v) is 15.9. The quantitative estimate of drug-likeness (QED) is 0.205. The van der Waals surface area contributed by atoms with Crippen LogP contribution >= 0.6 is 0 Å². The highest BCUT2D eigenvalue weighted by molar-refractivity contribution is 6.02. The van der Waals surface area contributed by atoms with Gasteiger partial charge in [0.05, 0.1) is 0 Å². The van der Waals surface area contributed by atoms with Crippen LogP contribution < -0.4 is 4.90 Å². The number of para-hydroxylation sites is 2. The first kappa shape index (κ1) is 27.0. The van der Waals surface area contributed by atoms with Gasteiger partial charge in [0.25, 0.3) is 0 Å². The molecule has 44 heavy (non-hydrogen) atoms. The molecule has 1 heteroatoms. The maximum Gasteiger partial charge on any atom is 0.0465 e. The van der Waals surface area contributed by atoms with Gasteiger partial charge in [0.1, 0.15) is 0 Å². The van der Waals surface area contributed by atoms with Crippen LogP contribution in [0.4, 0.5) is 17.1 Å². The van der Waals surface area contributed by atoms with Crippen molar-refractivity contribution in [3.63, 3.8) is 0 Å². The van der Waals surface area contributed by atoms with Crippen LogP contribution in [0.15, 0.2) is 127 Å². The fourth-order valence-electron chi connectivity index (χ4n) is 7.99. The van der Waals surface area contributed by atoms with E-state index in [2.05, 4.69) is 174 Å². The molecule has 0 N–H and O–H groups in total. The SMILES string of the molecule is CC1(C)c2cc(N(c3ccccc3)c3ccccc3)ccc2-c2cc3c(cc21)-c1c(ccc2ccccc12)C(C)(C)C3(C)C. The van der Waals surface area contributed by atoms with Gasteiger partial charge in [-0.2, -0.15) is 0 Å². The Bertz CT molecular complexity index is 2040. The zero-order valence-electron chi connectivity index (χ0n) is 26.6. The Morgan fingerprint density at radius 3 is 1.66 bits per heavy atom. The number of rotatable bonds is 3. The van der Waals surface area contributed by atoms with Crippen molar-refractivity contribution in [2.24, 2.45) is 0 Å². The van der Waals surface area contributed by atoms with Crippen molar-refractivity contribution in [2.75, 3.05) is 4.90 Å². The lowest BCUT2D eigenvalue weighted by atomic mass is 9.54. The van der Waals surface area contributed by atoms with Crippen LogP contribution in [0.5, 0.6) is 0 Å². The van der Waals surface area contributed by atoms with Gasteiger partial charge in [-0.3, -0.25) is 0 Å². The van der Waals surface area contributed by atoms with Crippen molar-refractivity contribution < 1.29 is 0 Å². The highest BCUT2D eigenvalue weighted by atomic mass is 15.1. The maximum atomic E-state index is 2.55. The first-order valence-electron chi connectivity index (χ1n) is 15.9. The fourth-order valence-corrected chi connectivity index (χ4v) is 7.99. The zero-order valence-corrected chi connectivity index (χ0v) is 26.6. The molecule has 0 aliphatic heterocycles. The Hall–Kier alpha value is -4.62. The van der Waals surface area contributed by atoms with Gasteiger partial charge in [-0.05, 0) is 115 Å².